The van der Waals surface area contributed by atoms with E-state index in [0.717, 1.165) is 28.1 Å². The van der Waals surface area contributed by atoms with Crippen molar-refractivity contribution in [2.45, 2.75) is 50.9 Å². The number of halogens is 1. The Morgan fingerprint density at radius 3 is 2.60 bits per heavy atom. The van der Waals surface area contributed by atoms with Crippen molar-refractivity contribution in [3.05, 3.63) is 16.5 Å². The van der Waals surface area contributed by atoms with Crippen molar-refractivity contribution in [1.82, 2.24) is 9.97 Å². The minimum absolute atomic E-state index is 0.624. The quantitative estimate of drug-likeness (QED) is 0.761. The molecule has 3 nitrogen and oxygen atoms in total. The maximum atomic E-state index is 4.84. The van der Waals surface area contributed by atoms with Gasteiger partial charge in [0, 0.05) is 25.1 Å². The van der Waals surface area contributed by atoms with E-state index >= 15 is 0 Å². The molecule has 1 aliphatic heterocycles. The van der Waals surface area contributed by atoms with E-state index in [2.05, 4.69) is 31.9 Å². The number of nitrogens with zero attached hydrogens (tertiary/aromatic N) is 3. The van der Waals surface area contributed by atoms with E-state index in [1.54, 1.807) is 0 Å². The first-order chi connectivity index (χ1) is 9.79. The fourth-order valence-electron chi connectivity index (χ4n) is 3.92. The minimum atomic E-state index is 0.624. The second-order valence-electron chi connectivity index (χ2n) is 6.72. The number of rotatable bonds is 2. The Balaban J connectivity index is 1.55. The van der Waals surface area contributed by atoms with E-state index in [1.165, 1.54) is 58.0 Å². The van der Waals surface area contributed by atoms with Crippen LogP contribution in [-0.4, -0.2) is 23.1 Å². The van der Waals surface area contributed by atoms with Crippen molar-refractivity contribution < 1.29 is 0 Å². The predicted molar refractivity (Wildman–Crippen MR) is 84.0 cm³/mol. The molecular weight excluding hydrogens is 314 g/mol. The Kier molecular flexibility index (Phi) is 3.45. The van der Waals surface area contributed by atoms with Gasteiger partial charge in [0.25, 0.3) is 0 Å². The molecule has 0 bridgehead atoms. The minimum Gasteiger partial charge on any atom is -0.356 e. The summed E-state index contributed by atoms with van der Waals surface area (Å²) in [5.74, 6) is 4.71. The summed E-state index contributed by atoms with van der Waals surface area (Å²) >= 11 is 3.57. The van der Waals surface area contributed by atoms with Gasteiger partial charge in [0.1, 0.15) is 16.2 Å². The van der Waals surface area contributed by atoms with Gasteiger partial charge in [-0.25, -0.2) is 9.97 Å². The van der Waals surface area contributed by atoms with Gasteiger partial charge in [-0.3, -0.25) is 0 Å². The zero-order valence-electron chi connectivity index (χ0n) is 11.9. The van der Waals surface area contributed by atoms with E-state index in [-0.39, 0.29) is 0 Å². The van der Waals surface area contributed by atoms with Crippen molar-refractivity contribution in [3.63, 3.8) is 0 Å². The summed E-state index contributed by atoms with van der Waals surface area (Å²) in [7, 11) is 0. The first kappa shape index (κ1) is 13.1. The van der Waals surface area contributed by atoms with Gasteiger partial charge in [0.15, 0.2) is 0 Å². The maximum absolute atomic E-state index is 4.84. The van der Waals surface area contributed by atoms with E-state index < -0.39 is 0 Å². The fraction of sp³-hybridized carbons (Fsp3) is 0.750. The number of hydrogen-bond donors (Lipinski definition) is 0. The third-order valence-electron chi connectivity index (χ3n) is 5.26. The summed E-state index contributed by atoms with van der Waals surface area (Å²) in [6, 6.07) is 2.11. The molecule has 0 amide bonds. The lowest BCUT2D eigenvalue weighted by Crippen LogP contribution is -2.42. The molecule has 3 fully saturated rings. The van der Waals surface area contributed by atoms with Gasteiger partial charge in [-0.05, 0) is 53.4 Å². The Hall–Kier alpha value is -0.640. The lowest BCUT2D eigenvalue weighted by Gasteiger charge is -2.41. The summed E-state index contributed by atoms with van der Waals surface area (Å²) in [6.07, 6.45) is 9.64. The van der Waals surface area contributed by atoms with Crippen LogP contribution < -0.4 is 4.90 Å². The van der Waals surface area contributed by atoms with Crippen molar-refractivity contribution in [2.24, 2.45) is 11.8 Å². The number of aromatic nitrogens is 2. The van der Waals surface area contributed by atoms with Gasteiger partial charge >= 0.3 is 0 Å². The second kappa shape index (κ2) is 5.28. The molecule has 4 rings (SSSR count). The Morgan fingerprint density at radius 1 is 1.00 bits per heavy atom. The highest BCUT2D eigenvalue weighted by Crippen LogP contribution is 2.40. The predicted octanol–water partition coefficient (Wildman–Crippen LogP) is 4.13. The molecular formula is C16H22BrN3. The fourth-order valence-corrected chi connectivity index (χ4v) is 4.30. The molecule has 0 N–H and O–H groups in total. The zero-order chi connectivity index (χ0) is 13.5. The third kappa shape index (κ3) is 2.59. The number of fused-ring (bicyclic) bond motifs is 1. The largest absolute Gasteiger partial charge is 0.356 e. The molecule has 0 radical (unpaired) electrons. The molecule has 2 heterocycles. The molecule has 1 aromatic rings. The topological polar surface area (TPSA) is 29.0 Å². The SMILES string of the molecule is Brc1cc(N2CCC3CCCCC3C2)nc(C2CC2)n1. The van der Waals surface area contributed by atoms with E-state index in [1.807, 2.05) is 0 Å². The second-order valence-corrected chi connectivity index (χ2v) is 7.53. The highest BCUT2D eigenvalue weighted by Gasteiger charge is 2.33. The zero-order valence-corrected chi connectivity index (χ0v) is 13.5. The highest BCUT2D eigenvalue weighted by atomic mass is 79.9. The van der Waals surface area contributed by atoms with Crippen LogP contribution in [0.3, 0.4) is 0 Å². The molecule has 1 saturated heterocycles. The lowest BCUT2D eigenvalue weighted by atomic mass is 9.75. The van der Waals surface area contributed by atoms with Gasteiger partial charge < -0.3 is 4.90 Å². The average Bonchev–Trinajstić information content (AvgIpc) is 3.31. The Morgan fingerprint density at radius 2 is 1.80 bits per heavy atom. The van der Waals surface area contributed by atoms with E-state index in [4.69, 9.17) is 4.98 Å². The molecule has 108 valence electrons. The van der Waals surface area contributed by atoms with Crippen LogP contribution in [0.25, 0.3) is 0 Å². The standard InChI is InChI=1S/C16H22BrN3/c17-14-9-15(19-16(18-14)12-5-6-12)20-8-7-11-3-1-2-4-13(11)10-20/h9,11-13H,1-8,10H2. The van der Waals surface area contributed by atoms with Gasteiger partial charge in [-0.1, -0.05) is 19.3 Å². The molecule has 2 atom stereocenters. The Bertz CT molecular complexity index is 500. The molecule has 0 aromatic carbocycles. The first-order valence-corrected chi connectivity index (χ1v) is 8.88. The van der Waals surface area contributed by atoms with Gasteiger partial charge in [0.05, 0.1) is 0 Å². The van der Waals surface area contributed by atoms with Gasteiger partial charge in [0.2, 0.25) is 0 Å². The first-order valence-electron chi connectivity index (χ1n) is 8.09. The normalized spacial score (nSPS) is 30.1. The van der Waals surface area contributed by atoms with Crippen LogP contribution in [0.15, 0.2) is 10.7 Å². The molecule has 4 heteroatoms. The molecule has 2 aliphatic carbocycles. The average molecular weight is 336 g/mol. The summed E-state index contributed by atoms with van der Waals surface area (Å²) in [4.78, 5) is 11.9. The van der Waals surface area contributed by atoms with Crippen molar-refractivity contribution in [1.29, 1.82) is 0 Å². The summed E-state index contributed by atoms with van der Waals surface area (Å²) in [5, 5.41) is 0. The molecule has 0 spiro atoms. The van der Waals surface area contributed by atoms with Crippen molar-refractivity contribution >= 4 is 21.7 Å². The van der Waals surface area contributed by atoms with Gasteiger partial charge in [-0.15, -0.1) is 0 Å². The van der Waals surface area contributed by atoms with Crippen molar-refractivity contribution in [3.8, 4) is 0 Å². The smallest absolute Gasteiger partial charge is 0.135 e. The van der Waals surface area contributed by atoms with Crippen LogP contribution in [0.5, 0.6) is 0 Å². The van der Waals surface area contributed by atoms with Crippen LogP contribution in [0.4, 0.5) is 5.82 Å². The van der Waals surface area contributed by atoms with Crippen molar-refractivity contribution in [2.75, 3.05) is 18.0 Å². The lowest BCUT2D eigenvalue weighted by molar-refractivity contribution is 0.202. The van der Waals surface area contributed by atoms with Crippen LogP contribution in [0.1, 0.15) is 56.7 Å². The number of anilines is 1. The number of piperidine rings is 1. The molecule has 2 saturated carbocycles. The summed E-state index contributed by atoms with van der Waals surface area (Å²) in [6.45, 7) is 2.38. The third-order valence-corrected chi connectivity index (χ3v) is 5.66. The molecule has 3 aliphatic rings. The molecule has 1 aromatic heterocycles. The number of hydrogen-bond acceptors (Lipinski definition) is 3. The highest BCUT2D eigenvalue weighted by molar-refractivity contribution is 9.10. The van der Waals surface area contributed by atoms with Gasteiger partial charge in [-0.2, -0.15) is 0 Å². The monoisotopic (exact) mass is 335 g/mol. The van der Waals surface area contributed by atoms with Crippen LogP contribution >= 0.6 is 15.9 Å². The Labute approximate surface area is 129 Å². The molecule has 2 unspecified atom stereocenters. The van der Waals surface area contributed by atoms with Crippen LogP contribution in [-0.2, 0) is 0 Å². The van der Waals surface area contributed by atoms with E-state index in [0.29, 0.717) is 5.92 Å². The molecule has 20 heavy (non-hydrogen) atoms. The van der Waals surface area contributed by atoms with Crippen LogP contribution in [0.2, 0.25) is 0 Å². The summed E-state index contributed by atoms with van der Waals surface area (Å²) in [5.41, 5.74) is 0. The summed E-state index contributed by atoms with van der Waals surface area (Å²) < 4.78 is 0.954. The maximum Gasteiger partial charge on any atom is 0.135 e. The van der Waals surface area contributed by atoms with E-state index in [9.17, 15) is 0 Å². The van der Waals surface area contributed by atoms with Crippen LogP contribution in [0, 0.1) is 11.8 Å².